The number of hydrogen-bond acceptors (Lipinski definition) is 5. The molecule has 0 unspecified atom stereocenters. The molecule has 1 spiro atoms. The summed E-state index contributed by atoms with van der Waals surface area (Å²) in [5.74, 6) is -1.49. The predicted octanol–water partition coefficient (Wildman–Crippen LogP) is 0.0613. The molecule has 0 aromatic rings. The van der Waals surface area contributed by atoms with Gasteiger partial charge in [-0.05, 0) is 32.6 Å². The van der Waals surface area contributed by atoms with Crippen LogP contribution in [0, 0.1) is 0 Å². The molecule has 8 heteroatoms. The minimum atomic E-state index is -0.940. The molecule has 2 saturated carbocycles. The van der Waals surface area contributed by atoms with E-state index in [0.29, 0.717) is 12.8 Å². The second kappa shape index (κ2) is 5.82. The number of carbonyl (C=O) groups is 4. The van der Waals surface area contributed by atoms with Crippen molar-refractivity contribution in [2.45, 2.75) is 63.1 Å². The standard InChI is InChI=1S/C15H21N3O5/c1-9(12(20)16-10-4-5-10)23-11(19)8-18-13(21)15(17-14(18)22)6-2-3-7-15/h9-10H,2-8H2,1H3,(H,16,20)(H,17,22)/t9-/m1/s1. The first-order valence-corrected chi connectivity index (χ1v) is 8.05. The molecule has 1 heterocycles. The normalized spacial score (nSPS) is 23.8. The molecule has 0 bridgehead atoms. The fourth-order valence-corrected chi connectivity index (χ4v) is 3.10. The van der Waals surface area contributed by atoms with Gasteiger partial charge in [0.15, 0.2) is 6.10 Å². The smallest absolute Gasteiger partial charge is 0.327 e. The van der Waals surface area contributed by atoms with Crippen molar-refractivity contribution in [3.05, 3.63) is 0 Å². The van der Waals surface area contributed by atoms with E-state index in [2.05, 4.69) is 10.6 Å². The van der Waals surface area contributed by atoms with Crippen LogP contribution < -0.4 is 10.6 Å². The number of hydrogen-bond donors (Lipinski definition) is 2. The summed E-state index contributed by atoms with van der Waals surface area (Å²) in [7, 11) is 0. The van der Waals surface area contributed by atoms with E-state index in [9.17, 15) is 19.2 Å². The van der Waals surface area contributed by atoms with Crippen LogP contribution in [0.4, 0.5) is 4.79 Å². The van der Waals surface area contributed by atoms with Crippen LogP contribution in [0.2, 0.25) is 0 Å². The van der Waals surface area contributed by atoms with Gasteiger partial charge in [-0.25, -0.2) is 4.79 Å². The molecule has 3 rings (SSSR count). The van der Waals surface area contributed by atoms with E-state index in [1.165, 1.54) is 6.92 Å². The van der Waals surface area contributed by atoms with Gasteiger partial charge >= 0.3 is 12.0 Å². The fourth-order valence-electron chi connectivity index (χ4n) is 3.10. The molecule has 0 radical (unpaired) electrons. The number of esters is 1. The number of rotatable bonds is 5. The number of nitrogens with one attached hydrogen (secondary N) is 2. The zero-order valence-corrected chi connectivity index (χ0v) is 13.1. The van der Waals surface area contributed by atoms with Gasteiger partial charge in [0.1, 0.15) is 12.1 Å². The zero-order chi connectivity index (χ0) is 16.6. The molecule has 3 aliphatic rings. The van der Waals surface area contributed by atoms with Crippen LogP contribution in [-0.4, -0.2) is 52.9 Å². The Hall–Kier alpha value is -2.12. The summed E-state index contributed by atoms with van der Waals surface area (Å²) in [6.45, 7) is 1.01. The van der Waals surface area contributed by atoms with Gasteiger partial charge in [-0.2, -0.15) is 0 Å². The molecular weight excluding hydrogens is 302 g/mol. The summed E-state index contributed by atoms with van der Waals surface area (Å²) in [4.78, 5) is 48.9. The van der Waals surface area contributed by atoms with E-state index in [1.807, 2.05) is 0 Å². The van der Waals surface area contributed by atoms with Gasteiger partial charge in [-0.3, -0.25) is 19.3 Å². The molecule has 1 aliphatic heterocycles. The summed E-state index contributed by atoms with van der Waals surface area (Å²) in [6.07, 6.45) is 3.90. The first-order valence-electron chi connectivity index (χ1n) is 8.05. The Labute approximate surface area is 133 Å². The van der Waals surface area contributed by atoms with Crippen LogP contribution in [0.3, 0.4) is 0 Å². The molecule has 126 valence electrons. The fraction of sp³-hybridized carbons (Fsp3) is 0.733. The van der Waals surface area contributed by atoms with Gasteiger partial charge in [0, 0.05) is 6.04 Å². The van der Waals surface area contributed by atoms with Crippen LogP contribution in [0.25, 0.3) is 0 Å². The molecule has 4 amide bonds. The average molecular weight is 323 g/mol. The molecule has 2 aliphatic carbocycles. The highest BCUT2D eigenvalue weighted by atomic mass is 16.5. The van der Waals surface area contributed by atoms with E-state index >= 15 is 0 Å². The number of imide groups is 1. The lowest BCUT2D eigenvalue weighted by Gasteiger charge is -2.20. The third-order valence-corrected chi connectivity index (χ3v) is 4.59. The minimum Gasteiger partial charge on any atom is -0.451 e. The van der Waals surface area contributed by atoms with E-state index in [-0.39, 0.29) is 17.9 Å². The number of amides is 4. The summed E-state index contributed by atoms with van der Waals surface area (Å²) in [5, 5.41) is 5.43. The lowest BCUT2D eigenvalue weighted by molar-refractivity contribution is -0.156. The van der Waals surface area contributed by atoms with Crippen molar-refractivity contribution in [2.75, 3.05) is 6.54 Å². The number of ether oxygens (including phenoxy) is 1. The lowest BCUT2D eigenvalue weighted by Crippen LogP contribution is -2.45. The first-order chi connectivity index (χ1) is 10.9. The van der Waals surface area contributed by atoms with Crippen molar-refractivity contribution in [1.29, 1.82) is 0 Å². The highest BCUT2D eigenvalue weighted by Gasteiger charge is 2.52. The Kier molecular flexibility index (Phi) is 3.99. The minimum absolute atomic E-state index is 0.178. The van der Waals surface area contributed by atoms with Gasteiger partial charge < -0.3 is 15.4 Å². The molecule has 0 aromatic carbocycles. The Bertz CT molecular complexity index is 551. The van der Waals surface area contributed by atoms with Crippen LogP contribution >= 0.6 is 0 Å². The molecule has 2 N–H and O–H groups in total. The average Bonchev–Trinajstić information content (AvgIpc) is 3.13. The SMILES string of the molecule is C[C@@H](OC(=O)CN1C(=O)NC2(CCCC2)C1=O)C(=O)NC1CC1. The maximum Gasteiger partial charge on any atom is 0.327 e. The Balaban J connectivity index is 1.53. The van der Waals surface area contributed by atoms with Gasteiger partial charge in [0.05, 0.1) is 0 Å². The zero-order valence-electron chi connectivity index (χ0n) is 13.1. The van der Waals surface area contributed by atoms with Crippen LogP contribution in [-0.2, 0) is 19.1 Å². The largest absolute Gasteiger partial charge is 0.451 e. The third kappa shape index (κ3) is 3.16. The molecular formula is C15H21N3O5. The molecule has 8 nitrogen and oxygen atoms in total. The lowest BCUT2D eigenvalue weighted by atomic mass is 9.98. The quantitative estimate of drug-likeness (QED) is 0.550. The summed E-state index contributed by atoms with van der Waals surface area (Å²) < 4.78 is 5.03. The van der Waals surface area contributed by atoms with Gasteiger partial charge in [-0.15, -0.1) is 0 Å². The third-order valence-electron chi connectivity index (χ3n) is 4.59. The molecule has 0 aromatic heterocycles. The van der Waals surface area contributed by atoms with Gasteiger partial charge in [0.25, 0.3) is 11.8 Å². The highest BCUT2D eigenvalue weighted by Crippen LogP contribution is 2.34. The van der Waals surface area contributed by atoms with E-state index < -0.39 is 30.2 Å². The van der Waals surface area contributed by atoms with Crippen molar-refractivity contribution in [3.8, 4) is 0 Å². The second-order valence-corrected chi connectivity index (χ2v) is 6.53. The van der Waals surface area contributed by atoms with Crippen molar-refractivity contribution in [1.82, 2.24) is 15.5 Å². The molecule has 3 fully saturated rings. The predicted molar refractivity (Wildman–Crippen MR) is 78.2 cm³/mol. The van der Waals surface area contributed by atoms with E-state index in [4.69, 9.17) is 4.74 Å². The molecule has 1 atom stereocenters. The summed E-state index contributed by atoms with van der Waals surface area (Å²) in [5.41, 5.74) is -0.841. The Morgan fingerprint density at radius 1 is 1.35 bits per heavy atom. The van der Waals surface area contributed by atoms with Gasteiger partial charge in [-0.1, -0.05) is 12.8 Å². The monoisotopic (exact) mass is 323 g/mol. The topological polar surface area (TPSA) is 105 Å². The molecule has 1 saturated heterocycles. The highest BCUT2D eigenvalue weighted by molar-refractivity contribution is 6.08. The van der Waals surface area contributed by atoms with Crippen LogP contribution in [0.1, 0.15) is 45.4 Å². The van der Waals surface area contributed by atoms with Crippen LogP contribution in [0.5, 0.6) is 0 Å². The van der Waals surface area contributed by atoms with Crippen molar-refractivity contribution in [3.63, 3.8) is 0 Å². The Morgan fingerprint density at radius 3 is 2.61 bits per heavy atom. The van der Waals surface area contributed by atoms with Crippen molar-refractivity contribution in [2.24, 2.45) is 0 Å². The second-order valence-electron chi connectivity index (χ2n) is 6.53. The number of nitrogens with zero attached hydrogens (tertiary/aromatic N) is 1. The first kappa shape index (κ1) is 15.8. The Morgan fingerprint density at radius 2 is 2.00 bits per heavy atom. The summed E-state index contributed by atoms with van der Waals surface area (Å²) in [6, 6.07) is -0.388. The van der Waals surface area contributed by atoms with Crippen LogP contribution in [0.15, 0.2) is 0 Å². The van der Waals surface area contributed by atoms with Crippen molar-refractivity contribution >= 4 is 23.8 Å². The maximum absolute atomic E-state index is 12.4. The van der Waals surface area contributed by atoms with E-state index in [1.54, 1.807) is 0 Å². The molecule has 23 heavy (non-hydrogen) atoms. The maximum atomic E-state index is 12.4. The number of carbonyl (C=O) groups excluding carboxylic acids is 4. The summed E-state index contributed by atoms with van der Waals surface area (Å²) >= 11 is 0. The number of urea groups is 1. The van der Waals surface area contributed by atoms with E-state index in [0.717, 1.165) is 30.6 Å². The van der Waals surface area contributed by atoms with Gasteiger partial charge in [0.2, 0.25) is 0 Å². The van der Waals surface area contributed by atoms with Crippen molar-refractivity contribution < 1.29 is 23.9 Å².